The van der Waals surface area contributed by atoms with Gasteiger partial charge in [-0.2, -0.15) is 0 Å². The molecule has 2 aromatic heterocycles. The van der Waals surface area contributed by atoms with Gasteiger partial charge in [0.1, 0.15) is 5.65 Å². The summed E-state index contributed by atoms with van der Waals surface area (Å²) in [5.74, 6) is 0. The molecule has 19 heavy (non-hydrogen) atoms. The third-order valence-corrected chi connectivity index (χ3v) is 3.27. The fraction of sp³-hybridized carbons (Fsp3) is 0.188. The van der Waals surface area contributed by atoms with E-state index < -0.39 is 6.10 Å². The number of benzene rings is 1. The first kappa shape index (κ1) is 11.9. The Morgan fingerprint density at radius 2 is 1.84 bits per heavy atom. The van der Waals surface area contributed by atoms with Gasteiger partial charge in [0.15, 0.2) is 0 Å². The SMILES string of the molecule is OC(CCc1ccccc1)c1cn2ccccc2n1. The van der Waals surface area contributed by atoms with Crippen molar-refractivity contribution in [2.45, 2.75) is 18.9 Å². The minimum atomic E-state index is -0.514. The van der Waals surface area contributed by atoms with Crippen LogP contribution in [0.2, 0.25) is 0 Å². The summed E-state index contributed by atoms with van der Waals surface area (Å²) in [6, 6.07) is 16.0. The number of pyridine rings is 1. The van der Waals surface area contributed by atoms with E-state index in [1.54, 1.807) is 0 Å². The van der Waals surface area contributed by atoms with Gasteiger partial charge >= 0.3 is 0 Å². The first-order valence-corrected chi connectivity index (χ1v) is 6.48. The summed E-state index contributed by atoms with van der Waals surface area (Å²) in [6.07, 6.45) is 4.87. The second-order valence-corrected chi connectivity index (χ2v) is 4.67. The predicted octanol–water partition coefficient (Wildman–Crippen LogP) is 3.00. The van der Waals surface area contributed by atoms with Gasteiger partial charge in [-0.15, -0.1) is 0 Å². The quantitative estimate of drug-likeness (QED) is 0.775. The van der Waals surface area contributed by atoms with Gasteiger partial charge < -0.3 is 9.51 Å². The number of aliphatic hydroxyl groups is 1. The molecule has 2 heterocycles. The highest BCUT2D eigenvalue weighted by atomic mass is 16.3. The van der Waals surface area contributed by atoms with Crippen molar-refractivity contribution in [2.24, 2.45) is 0 Å². The third kappa shape index (κ3) is 2.66. The summed E-state index contributed by atoms with van der Waals surface area (Å²) >= 11 is 0. The smallest absolute Gasteiger partial charge is 0.137 e. The van der Waals surface area contributed by atoms with Crippen molar-refractivity contribution in [3.63, 3.8) is 0 Å². The third-order valence-electron chi connectivity index (χ3n) is 3.27. The highest BCUT2D eigenvalue weighted by Gasteiger charge is 2.11. The van der Waals surface area contributed by atoms with Crippen LogP contribution in [0.5, 0.6) is 0 Å². The molecule has 3 heteroatoms. The predicted molar refractivity (Wildman–Crippen MR) is 74.9 cm³/mol. The van der Waals surface area contributed by atoms with Gasteiger partial charge in [-0.25, -0.2) is 4.98 Å². The van der Waals surface area contributed by atoms with Crippen LogP contribution in [0.25, 0.3) is 5.65 Å². The molecule has 1 N–H and O–H groups in total. The number of hydrogen-bond acceptors (Lipinski definition) is 2. The zero-order valence-corrected chi connectivity index (χ0v) is 10.6. The van der Waals surface area contributed by atoms with Crippen molar-refractivity contribution in [3.05, 3.63) is 72.2 Å². The van der Waals surface area contributed by atoms with Crippen LogP contribution in [-0.2, 0) is 6.42 Å². The van der Waals surface area contributed by atoms with Crippen LogP contribution in [0.4, 0.5) is 0 Å². The van der Waals surface area contributed by atoms with E-state index in [-0.39, 0.29) is 0 Å². The minimum Gasteiger partial charge on any atom is -0.387 e. The maximum absolute atomic E-state index is 10.2. The Morgan fingerprint density at radius 1 is 1.05 bits per heavy atom. The molecule has 0 spiro atoms. The lowest BCUT2D eigenvalue weighted by molar-refractivity contribution is 0.163. The number of rotatable bonds is 4. The van der Waals surface area contributed by atoms with Gasteiger partial charge in [0.25, 0.3) is 0 Å². The highest BCUT2D eigenvalue weighted by Crippen LogP contribution is 2.18. The van der Waals surface area contributed by atoms with E-state index in [0.717, 1.165) is 17.8 Å². The van der Waals surface area contributed by atoms with E-state index >= 15 is 0 Å². The molecule has 0 saturated heterocycles. The molecule has 96 valence electrons. The molecule has 1 atom stereocenters. The Hall–Kier alpha value is -2.13. The van der Waals surface area contributed by atoms with Gasteiger partial charge in [-0.3, -0.25) is 0 Å². The van der Waals surface area contributed by atoms with E-state index in [2.05, 4.69) is 17.1 Å². The molecule has 0 amide bonds. The number of aromatic nitrogens is 2. The van der Waals surface area contributed by atoms with E-state index in [0.29, 0.717) is 6.42 Å². The Balaban J connectivity index is 1.71. The van der Waals surface area contributed by atoms with Crippen LogP contribution in [0.3, 0.4) is 0 Å². The minimum absolute atomic E-state index is 0.514. The molecule has 0 bridgehead atoms. The summed E-state index contributed by atoms with van der Waals surface area (Å²) in [5.41, 5.74) is 2.85. The molecule has 3 nitrogen and oxygen atoms in total. The first-order chi connectivity index (χ1) is 9.33. The molecule has 1 unspecified atom stereocenters. The van der Waals surface area contributed by atoms with Crippen molar-refractivity contribution in [1.29, 1.82) is 0 Å². The number of aliphatic hydroxyl groups excluding tert-OH is 1. The van der Waals surface area contributed by atoms with Crippen molar-refractivity contribution in [1.82, 2.24) is 9.38 Å². The van der Waals surface area contributed by atoms with Gasteiger partial charge in [0.05, 0.1) is 11.8 Å². The monoisotopic (exact) mass is 252 g/mol. The van der Waals surface area contributed by atoms with Crippen molar-refractivity contribution in [3.8, 4) is 0 Å². The largest absolute Gasteiger partial charge is 0.387 e. The lowest BCUT2D eigenvalue weighted by Crippen LogP contribution is -1.99. The molecule has 3 rings (SSSR count). The second kappa shape index (κ2) is 5.24. The van der Waals surface area contributed by atoms with Crippen molar-refractivity contribution >= 4 is 5.65 Å². The topological polar surface area (TPSA) is 37.5 Å². The number of imidazole rings is 1. The summed E-state index contributed by atoms with van der Waals surface area (Å²) < 4.78 is 1.93. The average molecular weight is 252 g/mol. The molecule has 0 aliphatic carbocycles. The normalized spacial score (nSPS) is 12.7. The molecule has 3 aromatic rings. The molecule has 0 fully saturated rings. The van der Waals surface area contributed by atoms with Gasteiger partial charge in [-0.1, -0.05) is 36.4 Å². The number of aryl methyl sites for hydroxylation is 1. The summed E-state index contributed by atoms with van der Waals surface area (Å²) in [5, 5.41) is 10.2. The summed E-state index contributed by atoms with van der Waals surface area (Å²) in [7, 11) is 0. The van der Waals surface area contributed by atoms with Crippen LogP contribution in [0.1, 0.15) is 23.8 Å². The maximum atomic E-state index is 10.2. The number of hydrogen-bond donors (Lipinski definition) is 1. The van der Waals surface area contributed by atoms with Gasteiger partial charge in [-0.05, 0) is 30.5 Å². The maximum Gasteiger partial charge on any atom is 0.137 e. The molecule has 0 saturated carbocycles. The zero-order valence-electron chi connectivity index (χ0n) is 10.6. The molecule has 0 radical (unpaired) electrons. The van der Waals surface area contributed by atoms with E-state index in [1.165, 1.54) is 5.56 Å². The Labute approximate surface area is 112 Å². The van der Waals surface area contributed by atoms with Crippen LogP contribution < -0.4 is 0 Å². The Morgan fingerprint density at radius 3 is 2.63 bits per heavy atom. The zero-order chi connectivity index (χ0) is 13.1. The molecule has 0 aliphatic rings. The fourth-order valence-corrected chi connectivity index (χ4v) is 2.21. The number of nitrogens with zero attached hydrogens (tertiary/aromatic N) is 2. The Bertz CT molecular complexity index is 628. The highest BCUT2D eigenvalue weighted by molar-refractivity contribution is 5.39. The lowest BCUT2D eigenvalue weighted by Gasteiger charge is -2.07. The second-order valence-electron chi connectivity index (χ2n) is 4.67. The summed E-state index contributed by atoms with van der Waals surface area (Å²) in [6.45, 7) is 0. The van der Waals surface area contributed by atoms with Crippen LogP contribution >= 0.6 is 0 Å². The standard InChI is InChI=1S/C16H16N2O/c19-15(10-9-13-6-2-1-3-7-13)14-12-18-11-5-4-8-16(18)17-14/h1-8,11-12,15,19H,9-10H2. The van der Waals surface area contributed by atoms with E-state index in [1.807, 2.05) is 53.2 Å². The van der Waals surface area contributed by atoms with Gasteiger partial charge in [0.2, 0.25) is 0 Å². The van der Waals surface area contributed by atoms with E-state index in [9.17, 15) is 5.11 Å². The summed E-state index contributed by atoms with van der Waals surface area (Å²) in [4.78, 5) is 4.44. The Kier molecular flexibility index (Phi) is 3.29. The van der Waals surface area contributed by atoms with Crippen molar-refractivity contribution < 1.29 is 5.11 Å². The molecule has 0 aliphatic heterocycles. The molecular formula is C16H16N2O. The fourth-order valence-electron chi connectivity index (χ4n) is 2.21. The molecular weight excluding hydrogens is 236 g/mol. The van der Waals surface area contributed by atoms with Crippen molar-refractivity contribution in [2.75, 3.05) is 0 Å². The average Bonchev–Trinajstić information content (AvgIpc) is 2.90. The first-order valence-electron chi connectivity index (χ1n) is 6.48. The van der Waals surface area contributed by atoms with Crippen LogP contribution in [-0.4, -0.2) is 14.5 Å². The van der Waals surface area contributed by atoms with Gasteiger partial charge in [0, 0.05) is 12.4 Å². The molecule has 1 aromatic carbocycles. The van der Waals surface area contributed by atoms with Crippen LogP contribution in [0, 0.1) is 0 Å². The number of fused-ring (bicyclic) bond motifs is 1. The lowest BCUT2D eigenvalue weighted by atomic mass is 10.1. The van der Waals surface area contributed by atoms with E-state index in [4.69, 9.17) is 0 Å². The van der Waals surface area contributed by atoms with Crippen LogP contribution in [0.15, 0.2) is 60.9 Å².